The number of thiophene rings is 1. The number of carbonyl (C=O) groups is 1. The van der Waals surface area contributed by atoms with Gasteiger partial charge in [0.15, 0.2) is 0 Å². The minimum Gasteiger partial charge on any atom is -0.487 e. The molecule has 0 N–H and O–H groups in total. The second kappa shape index (κ2) is 7.08. The van der Waals surface area contributed by atoms with E-state index >= 15 is 0 Å². The van der Waals surface area contributed by atoms with Crippen molar-refractivity contribution in [3.05, 3.63) is 74.4 Å². The maximum Gasteiger partial charge on any atom is 0.206 e. The van der Waals surface area contributed by atoms with Gasteiger partial charge in [0.1, 0.15) is 23.7 Å². The number of ether oxygens (including phenoxy) is 1. The molecule has 0 aliphatic carbocycles. The van der Waals surface area contributed by atoms with Gasteiger partial charge in [-0.2, -0.15) is 0 Å². The summed E-state index contributed by atoms with van der Waals surface area (Å²) >= 11 is 13.4. The number of hydrogen-bond donors (Lipinski definition) is 0. The molecule has 3 rings (SSSR count). The van der Waals surface area contributed by atoms with Crippen LogP contribution in [0.3, 0.4) is 0 Å². The van der Waals surface area contributed by atoms with Crippen LogP contribution in [0.2, 0.25) is 10.0 Å². The highest BCUT2D eigenvalue weighted by Crippen LogP contribution is 2.32. The van der Waals surface area contributed by atoms with Crippen molar-refractivity contribution in [3.63, 3.8) is 0 Å². The van der Waals surface area contributed by atoms with E-state index in [1.165, 1.54) is 30.1 Å². The third-order valence-electron chi connectivity index (χ3n) is 3.01. The van der Waals surface area contributed by atoms with E-state index in [1.807, 2.05) is 5.38 Å². The first-order valence-electron chi connectivity index (χ1n) is 6.59. The maximum atomic E-state index is 12.3. The van der Waals surface area contributed by atoms with Crippen LogP contribution in [0.15, 0.2) is 48.4 Å². The molecule has 2 aromatic heterocycles. The average Bonchev–Trinajstić information content (AvgIpc) is 3.05. The van der Waals surface area contributed by atoms with Crippen LogP contribution in [0, 0.1) is 0 Å². The standard InChI is InChI=1S/C16H10Cl2N2O2S/c17-12-2-1-3-13(15(12)18)22-7-10-4-14(23-8-10)16(21)11-5-19-9-20-6-11/h1-6,8-9H,7H2. The Labute approximate surface area is 146 Å². The monoisotopic (exact) mass is 364 g/mol. The molecule has 0 unspecified atom stereocenters. The van der Waals surface area contributed by atoms with Crippen molar-refractivity contribution in [2.75, 3.05) is 0 Å². The molecular weight excluding hydrogens is 355 g/mol. The molecule has 0 fully saturated rings. The molecule has 0 spiro atoms. The van der Waals surface area contributed by atoms with Gasteiger partial charge in [0.2, 0.25) is 5.78 Å². The quantitative estimate of drug-likeness (QED) is 0.618. The highest BCUT2D eigenvalue weighted by atomic mass is 35.5. The Hall–Kier alpha value is -1.95. The Balaban J connectivity index is 1.70. The number of ketones is 1. The minimum absolute atomic E-state index is 0.109. The Bertz CT molecular complexity index is 837. The first-order chi connectivity index (χ1) is 11.1. The smallest absolute Gasteiger partial charge is 0.206 e. The highest BCUT2D eigenvalue weighted by Gasteiger charge is 2.13. The molecular formula is C16H10Cl2N2O2S. The van der Waals surface area contributed by atoms with Gasteiger partial charge in [0, 0.05) is 18.0 Å². The zero-order chi connectivity index (χ0) is 16.2. The van der Waals surface area contributed by atoms with Crippen LogP contribution in [-0.4, -0.2) is 15.8 Å². The van der Waals surface area contributed by atoms with E-state index < -0.39 is 0 Å². The molecule has 23 heavy (non-hydrogen) atoms. The van der Waals surface area contributed by atoms with Crippen LogP contribution in [0.5, 0.6) is 5.75 Å². The van der Waals surface area contributed by atoms with E-state index in [1.54, 1.807) is 24.3 Å². The lowest BCUT2D eigenvalue weighted by Gasteiger charge is -2.07. The molecule has 0 bridgehead atoms. The summed E-state index contributed by atoms with van der Waals surface area (Å²) in [6.45, 7) is 0.301. The van der Waals surface area contributed by atoms with Gasteiger partial charge in [0.05, 0.1) is 15.5 Å². The van der Waals surface area contributed by atoms with Crippen LogP contribution in [-0.2, 0) is 6.61 Å². The number of benzene rings is 1. The number of halogens is 2. The maximum absolute atomic E-state index is 12.3. The largest absolute Gasteiger partial charge is 0.487 e. The van der Waals surface area contributed by atoms with Crippen LogP contribution in [0.1, 0.15) is 20.8 Å². The average molecular weight is 365 g/mol. The van der Waals surface area contributed by atoms with E-state index in [2.05, 4.69) is 9.97 Å². The number of aromatic nitrogens is 2. The van der Waals surface area contributed by atoms with Crippen LogP contribution >= 0.6 is 34.5 Å². The Morgan fingerprint density at radius 2 is 2.00 bits per heavy atom. The molecule has 0 saturated heterocycles. The van der Waals surface area contributed by atoms with Gasteiger partial charge in [0.25, 0.3) is 0 Å². The van der Waals surface area contributed by atoms with Crippen molar-refractivity contribution < 1.29 is 9.53 Å². The SMILES string of the molecule is O=C(c1cncnc1)c1cc(COc2cccc(Cl)c2Cl)cs1. The molecule has 3 aromatic rings. The second-order valence-corrected chi connectivity index (χ2v) is 6.31. The predicted octanol–water partition coefficient (Wildman–Crippen LogP) is 4.65. The van der Waals surface area contributed by atoms with E-state index in [0.717, 1.165) is 5.56 Å². The van der Waals surface area contributed by atoms with Gasteiger partial charge in [-0.25, -0.2) is 9.97 Å². The van der Waals surface area contributed by atoms with Gasteiger partial charge in [-0.05, 0) is 23.6 Å². The zero-order valence-electron chi connectivity index (χ0n) is 11.7. The molecule has 4 nitrogen and oxygen atoms in total. The van der Waals surface area contributed by atoms with Gasteiger partial charge < -0.3 is 4.74 Å². The van der Waals surface area contributed by atoms with Crippen molar-refractivity contribution in [2.45, 2.75) is 6.61 Å². The summed E-state index contributed by atoms with van der Waals surface area (Å²) in [5.41, 5.74) is 1.34. The molecule has 0 aliphatic heterocycles. The molecule has 7 heteroatoms. The summed E-state index contributed by atoms with van der Waals surface area (Å²) in [4.78, 5) is 20.6. The van der Waals surface area contributed by atoms with Crippen molar-refractivity contribution >= 4 is 40.3 Å². The van der Waals surface area contributed by atoms with E-state index in [0.29, 0.717) is 32.8 Å². The molecule has 0 radical (unpaired) electrons. The summed E-state index contributed by atoms with van der Waals surface area (Å²) in [6.07, 6.45) is 4.38. The van der Waals surface area contributed by atoms with Gasteiger partial charge in [-0.15, -0.1) is 11.3 Å². The van der Waals surface area contributed by atoms with Crippen LogP contribution in [0.4, 0.5) is 0 Å². The lowest BCUT2D eigenvalue weighted by molar-refractivity contribution is 0.104. The topological polar surface area (TPSA) is 52.1 Å². The first-order valence-corrected chi connectivity index (χ1v) is 8.22. The van der Waals surface area contributed by atoms with Gasteiger partial charge in [-0.1, -0.05) is 29.3 Å². The number of nitrogens with zero attached hydrogens (tertiary/aromatic N) is 2. The van der Waals surface area contributed by atoms with Gasteiger partial charge in [-0.3, -0.25) is 4.79 Å². The summed E-state index contributed by atoms with van der Waals surface area (Å²) in [5, 5.41) is 2.69. The minimum atomic E-state index is -0.109. The number of carbonyl (C=O) groups excluding carboxylic acids is 1. The molecule has 0 atom stereocenters. The summed E-state index contributed by atoms with van der Waals surface area (Å²) in [7, 11) is 0. The van der Waals surface area contributed by atoms with Crippen LogP contribution in [0.25, 0.3) is 0 Å². The molecule has 0 saturated carbocycles. The Kier molecular flexibility index (Phi) is 4.91. The highest BCUT2D eigenvalue weighted by molar-refractivity contribution is 7.12. The fourth-order valence-electron chi connectivity index (χ4n) is 1.89. The molecule has 116 valence electrons. The number of rotatable bonds is 5. The van der Waals surface area contributed by atoms with Gasteiger partial charge >= 0.3 is 0 Å². The zero-order valence-corrected chi connectivity index (χ0v) is 14.0. The summed E-state index contributed by atoms with van der Waals surface area (Å²) in [6, 6.07) is 6.99. The fourth-order valence-corrected chi connectivity index (χ4v) is 3.09. The van der Waals surface area contributed by atoms with Crippen LogP contribution < -0.4 is 4.74 Å². The number of hydrogen-bond acceptors (Lipinski definition) is 5. The lowest BCUT2D eigenvalue weighted by atomic mass is 10.2. The van der Waals surface area contributed by atoms with E-state index in [4.69, 9.17) is 27.9 Å². The van der Waals surface area contributed by atoms with E-state index in [-0.39, 0.29) is 5.78 Å². The van der Waals surface area contributed by atoms with Crippen molar-refractivity contribution in [3.8, 4) is 5.75 Å². The Morgan fingerprint density at radius 3 is 2.78 bits per heavy atom. The molecule has 0 aliphatic rings. The normalized spacial score (nSPS) is 10.5. The lowest BCUT2D eigenvalue weighted by Crippen LogP contribution is -2.00. The van der Waals surface area contributed by atoms with Crippen molar-refractivity contribution in [2.24, 2.45) is 0 Å². The molecule has 1 aromatic carbocycles. The molecule has 2 heterocycles. The second-order valence-electron chi connectivity index (χ2n) is 4.62. The summed E-state index contributed by atoms with van der Waals surface area (Å²) in [5.74, 6) is 0.400. The third kappa shape index (κ3) is 3.69. The van der Waals surface area contributed by atoms with Crippen molar-refractivity contribution in [1.29, 1.82) is 0 Å². The van der Waals surface area contributed by atoms with Crippen molar-refractivity contribution in [1.82, 2.24) is 9.97 Å². The summed E-state index contributed by atoms with van der Waals surface area (Å²) < 4.78 is 5.66. The molecule has 0 amide bonds. The Morgan fingerprint density at radius 1 is 1.22 bits per heavy atom. The van der Waals surface area contributed by atoms with E-state index in [9.17, 15) is 4.79 Å². The first kappa shape index (κ1) is 15.9. The fraction of sp³-hybridized carbons (Fsp3) is 0.0625. The predicted molar refractivity (Wildman–Crippen MR) is 90.6 cm³/mol. The third-order valence-corrected chi connectivity index (χ3v) is 4.79.